The zero-order valence-electron chi connectivity index (χ0n) is 12.5. The molecule has 5 nitrogen and oxygen atoms in total. The number of nitro groups is 1. The first-order chi connectivity index (χ1) is 10.1. The van der Waals surface area contributed by atoms with E-state index >= 15 is 0 Å². The lowest BCUT2D eigenvalue weighted by Crippen LogP contribution is -2.32. The summed E-state index contributed by atoms with van der Waals surface area (Å²) in [5.41, 5.74) is 1.15. The van der Waals surface area contributed by atoms with Crippen LogP contribution in [0.4, 0.5) is 5.69 Å². The highest BCUT2D eigenvalue weighted by molar-refractivity contribution is 5.82. The average molecular weight is 287 g/mol. The molecule has 0 radical (unpaired) electrons. The molecule has 0 amide bonds. The number of aromatic nitrogens is 1. The van der Waals surface area contributed by atoms with Crippen LogP contribution in [-0.2, 0) is 0 Å². The summed E-state index contributed by atoms with van der Waals surface area (Å²) >= 11 is 0. The van der Waals surface area contributed by atoms with Crippen molar-refractivity contribution in [2.75, 3.05) is 14.1 Å². The highest BCUT2D eigenvalue weighted by atomic mass is 16.6. The fourth-order valence-corrected chi connectivity index (χ4v) is 3.42. The standard InChI is InChI=1S/C16H21N3O2/c1-17(2)13-5-7-14(8-6-13)18-10-9-12-3-4-15(19(20)21)11-16(12)18/h3-4,9-11,13-14H,5-8H2,1-2H3. The predicted octanol–water partition coefficient (Wildman–Crippen LogP) is 3.59. The van der Waals surface area contributed by atoms with Crippen molar-refractivity contribution in [3.63, 3.8) is 0 Å². The molecule has 1 aromatic carbocycles. The Bertz CT molecular complexity index is 655. The third-order valence-electron chi connectivity index (χ3n) is 4.71. The average Bonchev–Trinajstić information content (AvgIpc) is 2.90. The topological polar surface area (TPSA) is 51.3 Å². The van der Waals surface area contributed by atoms with Crippen molar-refractivity contribution < 1.29 is 4.92 Å². The Morgan fingerprint density at radius 3 is 2.52 bits per heavy atom. The second kappa shape index (κ2) is 5.48. The van der Waals surface area contributed by atoms with Gasteiger partial charge in [-0.15, -0.1) is 0 Å². The molecule has 0 bridgehead atoms. The summed E-state index contributed by atoms with van der Waals surface area (Å²) in [6, 6.07) is 8.30. The first kappa shape index (κ1) is 14.1. The number of nitrogens with zero attached hydrogens (tertiary/aromatic N) is 3. The van der Waals surface area contributed by atoms with Crippen molar-refractivity contribution in [3.8, 4) is 0 Å². The fraction of sp³-hybridized carbons (Fsp3) is 0.500. The van der Waals surface area contributed by atoms with Crippen LogP contribution in [0, 0.1) is 10.1 Å². The predicted molar refractivity (Wildman–Crippen MR) is 83.6 cm³/mol. The molecule has 2 aromatic rings. The number of fused-ring (bicyclic) bond motifs is 1. The minimum atomic E-state index is -0.320. The zero-order valence-corrected chi connectivity index (χ0v) is 12.5. The van der Waals surface area contributed by atoms with E-state index in [1.807, 2.05) is 6.07 Å². The van der Waals surface area contributed by atoms with Crippen LogP contribution in [0.1, 0.15) is 31.7 Å². The van der Waals surface area contributed by atoms with Gasteiger partial charge in [-0.1, -0.05) is 0 Å². The molecule has 112 valence electrons. The number of rotatable bonds is 3. The molecule has 0 N–H and O–H groups in total. The number of hydrogen-bond donors (Lipinski definition) is 0. The van der Waals surface area contributed by atoms with Gasteiger partial charge < -0.3 is 9.47 Å². The highest BCUT2D eigenvalue weighted by Gasteiger charge is 2.24. The van der Waals surface area contributed by atoms with Crippen LogP contribution in [0.15, 0.2) is 30.5 Å². The number of non-ortho nitro benzene ring substituents is 1. The molecular weight excluding hydrogens is 266 g/mol. The second-order valence-electron chi connectivity index (χ2n) is 6.15. The maximum atomic E-state index is 11.0. The molecule has 0 saturated heterocycles. The van der Waals surface area contributed by atoms with Gasteiger partial charge in [0.2, 0.25) is 0 Å². The minimum Gasteiger partial charge on any atom is -0.344 e. The number of hydrogen-bond acceptors (Lipinski definition) is 3. The van der Waals surface area contributed by atoms with Crippen LogP contribution in [0.2, 0.25) is 0 Å². The molecule has 0 unspecified atom stereocenters. The Morgan fingerprint density at radius 2 is 1.90 bits per heavy atom. The van der Waals surface area contributed by atoms with Crippen molar-refractivity contribution in [2.24, 2.45) is 0 Å². The Balaban J connectivity index is 1.87. The van der Waals surface area contributed by atoms with Crippen LogP contribution in [-0.4, -0.2) is 34.5 Å². The lowest BCUT2D eigenvalue weighted by atomic mass is 9.90. The van der Waals surface area contributed by atoms with Gasteiger partial charge in [0.05, 0.1) is 10.4 Å². The van der Waals surface area contributed by atoms with E-state index in [4.69, 9.17) is 0 Å². The van der Waals surface area contributed by atoms with Crippen molar-refractivity contribution in [3.05, 3.63) is 40.6 Å². The van der Waals surface area contributed by atoms with Gasteiger partial charge in [0.15, 0.2) is 0 Å². The molecule has 1 aliphatic rings. The van der Waals surface area contributed by atoms with E-state index in [1.165, 1.54) is 12.8 Å². The number of nitro benzene ring substituents is 1. The molecule has 21 heavy (non-hydrogen) atoms. The maximum Gasteiger partial charge on any atom is 0.271 e. The molecule has 3 rings (SSSR count). The van der Waals surface area contributed by atoms with Crippen LogP contribution in [0.25, 0.3) is 10.9 Å². The third kappa shape index (κ3) is 2.65. The van der Waals surface area contributed by atoms with Gasteiger partial charge in [-0.3, -0.25) is 10.1 Å². The van der Waals surface area contributed by atoms with E-state index in [-0.39, 0.29) is 10.6 Å². The van der Waals surface area contributed by atoms with Crippen LogP contribution in [0.5, 0.6) is 0 Å². The Labute approximate surface area is 124 Å². The zero-order chi connectivity index (χ0) is 15.0. The second-order valence-corrected chi connectivity index (χ2v) is 6.15. The largest absolute Gasteiger partial charge is 0.344 e. The molecule has 0 spiro atoms. The smallest absolute Gasteiger partial charge is 0.271 e. The molecule has 1 fully saturated rings. The first-order valence-electron chi connectivity index (χ1n) is 7.47. The van der Waals surface area contributed by atoms with Crippen LogP contribution < -0.4 is 0 Å². The van der Waals surface area contributed by atoms with Gasteiger partial charge in [0.25, 0.3) is 5.69 Å². The summed E-state index contributed by atoms with van der Waals surface area (Å²) < 4.78 is 2.23. The van der Waals surface area contributed by atoms with Gasteiger partial charge in [0.1, 0.15) is 0 Å². The summed E-state index contributed by atoms with van der Waals surface area (Å²) in [4.78, 5) is 12.9. The third-order valence-corrected chi connectivity index (χ3v) is 4.71. The van der Waals surface area contributed by atoms with Crippen LogP contribution >= 0.6 is 0 Å². The normalized spacial score (nSPS) is 22.8. The quantitative estimate of drug-likeness (QED) is 0.640. The van der Waals surface area contributed by atoms with Gasteiger partial charge in [-0.2, -0.15) is 0 Å². The van der Waals surface area contributed by atoms with Gasteiger partial charge >= 0.3 is 0 Å². The van der Waals surface area contributed by atoms with Crippen molar-refractivity contribution in [1.29, 1.82) is 0 Å². The number of benzene rings is 1. The molecule has 1 saturated carbocycles. The molecule has 1 aromatic heterocycles. The summed E-state index contributed by atoms with van der Waals surface area (Å²) in [7, 11) is 4.28. The van der Waals surface area contributed by atoms with Gasteiger partial charge in [-0.05, 0) is 51.9 Å². The van der Waals surface area contributed by atoms with Crippen LogP contribution in [0.3, 0.4) is 0 Å². The van der Waals surface area contributed by atoms with E-state index in [0.717, 1.165) is 23.7 Å². The van der Waals surface area contributed by atoms with Crippen molar-refractivity contribution in [1.82, 2.24) is 9.47 Å². The summed E-state index contributed by atoms with van der Waals surface area (Å²) in [5, 5.41) is 12.0. The molecule has 0 atom stereocenters. The summed E-state index contributed by atoms with van der Waals surface area (Å²) in [5.74, 6) is 0. The van der Waals surface area contributed by atoms with Crippen molar-refractivity contribution >= 4 is 16.6 Å². The molecule has 0 aliphatic heterocycles. The van der Waals surface area contributed by atoms with E-state index in [2.05, 4.69) is 35.8 Å². The first-order valence-corrected chi connectivity index (χ1v) is 7.47. The molecule has 1 heterocycles. The monoisotopic (exact) mass is 287 g/mol. The maximum absolute atomic E-state index is 11.0. The molecular formula is C16H21N3O2. The lowest BCUT2D eigenvalue weighted by Gasteiger charge is -2.33. The fourth-order valence-electron chi connectivity index (χ4n) is 3.42. The molecule has 1 aliphatic carbocycles. The van der Waals surface area contributed by atoms with E-state index < -0.39 is 0 Å². The minimum absolute atomic E-state index is 0.171. The lowest BCUT2D eigenvalue weighted by molar-refractivity contribution is -0.384. The van der Waals surface area contributed by atoms with Gasteiger partial charge in [0, 0.05) is 35.8 Å². The van der Waals surface area contributed by atoms with E-state index in [1.54, 1.807) is 12.1 Å². The Hall–Kier alpha value is -1.88. The highest BCUT2D eigenvalue weighted by Crippen LogP contribution is 2.34. The van der Waals surface area contributed by atoms with E-state index in [0.29, 0.717) is 12.1 Å². The summed E-state index contributed by atoms with van der Waals surface area (Å²) in [6.45, 7) is 0. The Morgan fingerprint density at radius 1 is 1.19 bits per heavy atom. The molecule has 5 heteroatoms. The van der Waals surface area contributed by atoms with Crippen molar-refractivity contribution in [2.45, 2.75) is 37.8 Å². The van der Waals surface area contributed by atoms with Gasteiger partial charge in [-0.25, -0.2) is 0 Å². The summed E-state index contributed by atoms with van der Waals surface area (Å²) in [6.07, 6.45) is 6.72. The Kier molecular flexibility index (Phi) is 3.68. The van der Waals surface area contributed by atoms with E-state index in [9.17, 15) is 10.1 Å². The SMILES string of the molecule is CN(C)C1CCC(n2ccc3ccc([N+](=O)[O-])cc32)CC1.